The zero-order valence-corrected chi connectivity index (χ0v) is 23.9. The molecular weight excluding hydrogens is 508 g/mol. The minimum Gasteiger partial charge on any atom is -0.444 e. The highest BCUT2D eigenvalue weighted by molar-refractivity contribution is 6.28. The largest absolute Gasteiger partial charge is 0.444 e. The minimum atomic E-state index is -0.406. The molecule has 1 amide bonds. The quantitative estimate of drug-likeness (QED) is 0.356. The summed E-state index contributed by atoms with van der Waals surface area (Å²) in [6, 6.07) is 4.34. The second-order valence-corrected chi connectivity index (χ2v) is 10.3. The van der Waals surface area contributed by atoms with E-state index in [1.165, 1.54) is 0 Å². The van der Waals surface area contributed by atoms with Crippen LogP contribution >= 0.6 is 11.6 Å². The first-order chi connectivity index (χ1) is 18.1. The first-order valence-electron chi connectivity index (χ1n) is 13.0. The number of piperidine rings is 2. The number of nitrogens with one attached hydrogen (secondary N) is 4. The summed E-state index contributed by atoms with van der Waals surface area (Å²) in [4.78, 5) is 29.4. The summed E-state index contributed by atoms with van der Waals surface area (Å²) >= 11 is 5.46. The van der Waals surface area contributed by atoms with Crippen LogP contribution < -0.4 is 27.0 Å². The van der Waals surface area contributed by atoms with E-state index < -0.39 is 5.60 Å². The highest BCUT2D eigenvalue weighted by Crippen LogP contribution is 2.14. The molecule has 2 saturated heterocycles. The van der Waals surface area contributed by atoms with Crippen LogP contribution in [0.3, 0.4) is 0 Å². The van der Waals surface area contributed by atoms with Gasteiger partial charge in [0.15, 0.2) is 0 Å². The van der Waals surface area contributed by atoms with Crippen LogP contribution in [0.1, 0.15) is 46.5 Å². The second kappa shape index (κ2) is 16.1. The Morgan fingerprint density at radius 3 is 2.13 bits per heavy atom. The maximum Gasteiger partial charge on any atom is 0.410 e. The number of aromatic nitrogens is 4. The van der Waals surface area contributed by atoms with Gasteiger partial charge in [-0.1, -0.05) is 0 Å². The van der Waals surface area contributed by atoms with Gasteiger partial charge in [0.2, 0.25) is 11.2 Å². The van der Waals surface area contributed by atoms with Gasteiger partial charge in [0.05, 0.1) is 0 Å². The Morgan fingerprint density at radius 2 is 1.61 bits per heavy atom. The number of nitrogens with two attached hydrogens (primary N) is 1. The van der Waals surface area contributed by atoms with Crippen LogP contribution in [0.5, 0.6) is 0 Å². The highest BCUT2D eigenvalue weighted by atomic mass is 35.5. The lowest BCUT2D eigenvalue weighted by atomic mass is 10.1. The van der Waals surface area contributed by atoms with Gasteiger partial charge < -0.3 is 36.6 Å². The van der Waals surface area contributed by atoms with E-state index in [1.54, 1.807) is 30.4 Å². The van der Waals surface area contributed by atoms with Crippen LogP contribution in [0.15, 0.2) is 24.5 Å². The van der Waals surface area contributed by atoms with Gasteiger partial charge in [0.25, 0.3) is 0 Å². The normalized spacial score (nSPS) is 16.2. The third kappa shape index (κ3) is 12.5. The number of likely N-dealkylation sites (tertiary alicyclic amines) is 1. The molecule has 0 aliphatic carbocycles. The molecule has 0 radical (unpaired) electrons. The van der Waals surface area contributed by atoms with E-state index in [0.29, 0.717) is 12.0 Å². The molecule has 212 valence electrons. The molecule has 2 fully saturated rings. The van der Waals surface area contributed by atoms with Gasteiger partial charge >= 0.3 is 6.09 Å². The molecule has 0 unspecified atom stereocenters. The summed E-state index contributed by atoms with van der Waals surface area (Å²) in [6.07, 6.45) is 7.16. The average Bonchev–Trinajstić information content (AvgIpc) is 2.89. The molecule has 2 aromatic heterocycles. The Kier molecular flexibility index (Phi) is 13.2. The molecule has 6 N–H and O–H groups in total. The lowest BCUT2D eigenvalue weighted by molar-refractivity contribution is 0.0207. The van der Waals surface area contributed by atoms with Crippen molar-refractivity contribution in [3.8, 4) is 0 Å². The van der Waals surface area contributed by atoms with Crippen molar-refractivity contribution in [1.29, 1.82) is 0 Å². The number of carbonyl (C=O) groups is 1. The standard InChI is InChI=1S/C10H17N5.C10H20N2O2.C5H6ClN3/c1-11-9-4-7-13-10(15-9)14-8-2-5-12-6-3-8;1-10(2,3)14-9(13)12-6-4-8(11)5-7-12;1-7-4-2-3-8-5(6)9-4/h4,7-8,12H,2-3,5-6H2,1H3,(H2,11,13,14,15);8H,4-7,11H2,1-3H3;2-3H,1H3,(H,7,8,9). The zero-order valence-electron chi connectivity index (χ0n) is 23.1. The second-order valence-electron chi connectivity index (χ2n) is 9.95. The number of hydrogen-bond donors (Lipinski definition) is 5. The summed E-state index contributed by atoms with van der Waals surface area (Å²) < 4.78 is 5.26. The number of ether oxygens (including phenoxy) is 1. The Bertz CT molecular complexity index is 961. The van der Waals surface area contributed by atoms with Crippen LogP contribution in [-0.4, -0.2) is 88.9 Å². The molecule has 12 nitrogen and oxygen atoms in total. The number of carbonyl (C=O) groups excluding carboxylic acids is 1. The molecule has 4 heterocycles. The molecule has 0 atom stereocenters. The van der Waals surface area contributed by atoms with E-state index in [0.717, 1.165) is 63.5 Å². The Morgan fingerprint density at radius 1 is 1.03 bits per heavy atom. The van der Waals surface area contributed by atoms with Crippen molar-refractivity contribution >= 4 is 35.3 Å². The minimum absolute atomic E-state index is 0.218. The summed E-state index contributed by atoms with van der Waals surface area (Å²) in [5.41, 5.74) is 5.34. The van der Waals surface area contributed by atoms with E-state index in [-0.39, 0.29) is 17.4 Å². The van der Waals surface area contributed by atoms with Crippen molar-refractivity contribution in [3.63, 3.8) is 0 Å². The summed E-state index contributed by atoms with van der Waals surface area (Å²) in [6.45, 7) is 9.21. The van der Waals surface area contributed by atoms with Gasteiger partial charge in [-0.15, -0.1) is 0 Å². The lowest BCUT2D eigenvalue weighted by Gasteiger charge is -2.32. The molecule has 4 rings (SSSR count). The van der Waals surface area contributed by atoms with Crippen molar-refractivity contribution in [2.24, 2.45) is 5.73 Å². The molecular formula is C25H43ClN10O2. The van der Waals surface area contributed by atoms with Crippen molar-refractivity contribution in [2.45, 2.75) is 64.1 Å². The van der Waals surface area contributed by atoms with Crippen LogP contribution in [0, 0.1) is 0 Å². The van der Waals surface area contributed by atoms with Crippen molar-refractivity contribution in [3.05, 3.63) is 29.8 Å². The molecule has 0 saturated carbocycles. The van der Waals surface area contributed by atoms with Crippen molar-refractivity contribution in [1.82, 2.24) is 30.2 Å². The van der Waals surface area contributed by atoms with Gasteiger partial charge in [-0.3, -0.25) is 0 Å². The van der Waals surface area contributed by atoms with Crippen LogP contribution in [-0.2, 0) is 4.74 Å². The number of amides is 1. The molecule has 13 heteroatoms. The topological polar surface area (TPSA) is 155 Å². The number of nitrogens with zero attached hydrogens (tertiary/aromatic N) is 5. The zero-order chi connectivity index (χ0) is 28.0. The molecule has 0 spiro atoms. The summed E-state index contributed by atoms with van der Waals surface area (Å²) in [5.74, 6) is 2.30. The SMILES string of the molecule is CC(C)(C)OC(=O)N1CCC(N)CC1.CNc1ccnc(Cl)n1.CNc1ccnc(NC2CCNCC2)n1. The summed E-state index contributed by atoms with van der Waals surface area (Å²) in [5, 5.41) is 12.8. The lowest BCUT2D eigenvalue weighted by Crippen LogP contribution is -2.44. The average molecular weight is 551 g/mol. The maximum atomic E-state index is 11.6. The van der Waals surface area contributed by atoms with E-state index in [1.807, 2.05) is 33.9 Å². The Labute approximate surface area is 230 Å². The number of halogens is 1. The van der Waals surface area contributed by atoms with E-state index in [2.05, 4.69) is 41.2 Å². The van der Waals surface area contributed by atoms with E-state index >= 15 is 0 Å². The monoisotopic (exact) mass is 550 g/mol. The molecule has 2 aliphatic rings. The fourth-order valence-electron chi connectivity index (χ4n) is 3.60. The van der Waals surface area contributed by atoms with Crippen LogP contribution in [0.25, 0.3) is 0 Å². The third-order valence-corrected chi connectivity index (χ3v) is 5.84. The number of rotatable bonds is 4. The van der Waals surface area contributed by atoms with Gasteiger partial charge in [0, 0.05) is 51.7 Å². The molecule has 0 bridgehead atoms. The summed E-state index contributed by atoms with van der Waals surface area (Å²) in [7, 11) is 3.63. The predicted octanol–water partition coefficient (Wildman–Crippen LogP) is 3.20. The molecule has 38 heavy (non-hydrogen) atoms. The smallest absolute Gasteiger partial charge is 0.410 e. The highest BCUT2D eigenvalue weighted by Gasteiger charge is 2.25. The predicted molar refractivity (Wildman–Crippen MR) is 153 cm³/mol. The van der Waals surface area contributed by atoms with Gasteiger partial charge in [-0.05, 0) is 83.3 Å². The Balaban J connectivity index is 0.000000207. The Hall–Kier alpha value is -2.96. The van der Waals surface area contributed by atoms with Gasteiger partial charge in [-0.2, -0.15) is 4.98 Å². The number of hydrogen-bond acceptors (Lipinski definition) is 11. The fourth-order valence-corrected chi connectivity index (χ4v) is 3.75. The number of anilines is 3. The van der Waals surface area contributed by atoms with Crippen molar-refractivity contribution < 1.29 is 9.53 Å². The van der Waals surface area contributed by atoms with E-state index in [9.17, 15) is 4.79 Å². The first-order valence-corrected chi connectivity index (χ1v) is 13.3. The third-order valence-electron chi connectivity index (χ3n) is 5.66. The van der Waals surface area contributed by atoms with Gasteiger partial charge in [-0.25, -0.2) is 19.7 Å². The van der Waals surface area contributed by atoms with E-state index in [4.69, 9.17) is 22.1 Å². The first kappa shape index (κ1) is 31.3. The molecule has 2 aliphatic heterocycles. The van der Waals surface area contributed by atoms with Crippen LogP contribution in [0.4, 0.5) is 22.4 Å². The maximum absolute atomic E-state index is 11.6. The van der Waals surface area contributed by atoms with Crippen LogP contribution in [0.2, 0.25) is 5.28 Å². The molecule has 2 aromatic rings. The van der Waals surface area contributed by atoms with Crippen molar-refractivity contribution in [2.75, 3.05) is 56.2 Å². The van der Waals surface area contributed by atoms with Gasteiger partial charge in [0.1, 0.15) is 17.2 Å². The molecule has 0 aromatic carbocycles. The fraction of sp³-hybridized carbons (Fsp3) is 0.640.